The van der Waals surface area contributed by atoms with Crippen LogP contribution in [0.25, 0.3) is 0 Å². The Balaban J connectivity index is 1.80. The van der Waals surface area contributed by atoms with Crippen LogP contribution in [0, 0.1) is 5.92 Å². The van der Waals surface area contributed by atoms with Gasteiger partial charge in [0.15, 0.2) is 0 Å². The van der Waals surface area contributed by atoms with Crippen molar-refractivity contribution in [1.82, 2.24) is 9.88 Å². The van der Waals surface area contributed by atoms with Gasteiger partial charge in [0, 0.05) is 19.6 Å². The van der Waals surface area contributed by atoms with E-state index < -0.39 is 5.60 Å². The van der Waals surface area contributed by atoms with Gasteiger partial charge < -0.3 is 14.5 Å². The zero-order valence-corrected chi connectivity index (χ0v) is 17.7. The lowest BCUT2D eigenvalue weighted by atomic mass is 10.1. The van der Waals surface area contributed by atoms with Crippen molar-refractivity contribution in [3.05, 3.63) is 22.4 Å². The maximum absolute atomic E-state index is 12.7. The first-order valence-electron chi connectivity index (χ1n) is 9.70. The second-order valence-electron chi connectivity index (χ2n) is 8.45. The van der Waals surface area contributed by atoms with Gasteiger partial charge in [-0.15, -0.1) is 0 Å². The highest BCUT2D eigenvalue weighted by atomic mass is 79.9. The zero-order valence-electron chi connectivity index (χ0n) is 16.1. The normalized spacial score (nSPS) is 17.9. The Bertz CT molecular complexity index is 634. The van der Waals surface area contributed by atoms with Crippen LogP contribution in [0.15, 0.2) is 16.7 Å². The molecular weight excluding hydrogens is 394 g/mol. The van der Waals surface area contributed by atoms with E-state index in [1.54, 1.807) is 0 Å². The van der Waals surface area contributed by atoms with Crippen LogP contribution in [0.2, 0.25) is 0 Å². The molecule has 0 bridgehead atoms. The Hall–Kier alpha value is -1.30. The van der Waals surface area contributed by atoms with Gasteiger partial charge in [-0.05, 0) is 86.9 Å². The number of ether oxygens (including phenoxy) is 1. The van der Waals surface area contributed by atoms with Gasteiger partial charge in [-0.2, -0.15) is 0 Å². The van der Waals surface area contributed by atoms with Crippen LogP contribution >= 0.6 is 15.9 Å². The quantitative estimate of drug-likeness (QED) is 0.626. The lowest BCUT2D eigenvalue weighted by molar-refractivity contribution is 0.0222. The van der Waals surface area contributed by atoms with Gasteiger partial charge in [0.05, 0.1) is 17.9 Å². The number of hydrogen-bond donors (Lipinski definition) is 0. The fourth-order valence-electron chi connectivity index (χ4n) is 3.33. The van der Waals surface area contributed by atoms with Gasteiger partial charge in [-0.1, -0.05) is 0 Å². The summed E-state index contributed by atoms with van der Waals surface area (Å²) < 4.78 is 6.46. The maximum atomic E-state index is 12.7. The molecule has 1 saturated heterocycles. The second-order valence-corrected chi connectivity index (χ2v) is 9.26. The van der Waals surface area contributed by atoms with Crippen molar-refractivity contribution >= 4 is 27.7 Å². The molecule has 0 N–H and O–H groups in total. The predicted molar refractivity (Wildman–Crippen MR) is 107 cm³/mol. The molecular formula is C20H30BrN3O2. The summed E-state index contributed by atoms with van der Waals surface area (Å²) in [5, 5.41) is 0. The molecule has 0 unspecified atom stereocenters. The molecule has 144 valence electrons. The third kappa shape index (κ3) is 5.60. The SMILES string of the molecule is CC(C)(C)OC(=O)N(Cc1nc(Br)ccc1N1CCCCC1)CC1CC1. The van der Waals surface area contributed by atoms with Gasteiger partial charge in [0.1, 0.15) is 10.2 Å². The number of carbonyl (C=O) groups excluding carboxylic acids is 1. The highest BCUT2D eigenvalue weighted by molar-refractivity contribution is 9.10. The zero-order chi connectivity index (χ0) is 18.7. The standard InChI is InChI=1S/C20H30BrN3O2/c1-20(2,3)26-19(25)24(13-15-7-8-15)14-16-17(9-10-18(21)22-16)23-11-5-4-6-12-23/h9-10,15H,4-8,11-14H2,1-3H3. The molecule has 3 rings (SSSR count). The van der Waals surface area contributed by atoms with Crippen LogP contribution in [-0.4, -0.2) is 41.2 Å². The molecule has 1 aliphatic carbocycles. The van der Waals surface area contributed by atoms with Gasteiger partial charge in [0.2, 0.25) is 0 Å². The van der Waals surface area contributed by atoms with Crippen molar-refractivity contribution in [2.45, 2.75) is 65.0 Å². The molecule has 2 fully saturated rings. The smallest absolute Gasteiger partial charge is 0.410 e. The van der Waals surface area contributed by atoms with Gasteiger partial charge >= 0.3 is 6.09 Å². The number of rotatable bonds is 5. The summed E-state index contributed by atoms with van der Waals surface area (Å²) in [4.78, 5) is 21.7. The fourth-order valence-corrected chi connectivity index (χ4v) is 3.68. The first kappa shape index (κ1) is 19.5. The Morgan fingerprint density at radius 1 is 1.27 bits per heavy atom. The predicted octanol–water partition coefficient (Wildman–Crippen LogP) is 4.98. The van der Waals surface area contributed by atoms with Crippen molar-refractivity contribution in [3.63, 3.8) is 0 Å². The van der Waals surface area contributed by atoms with E-state index in [-0.39, 0.29) is 6.09 Å². The molecule has 1 aromatic rings. The lowest BCUT2D eigenvalue weighted by Gasteiger charge is -2.32. The van der Waals surface area contributed by atoms with Crippen molar-refractivity contribution in [2.75, 3.05) is 24.5 Å². The number of nitrogens with zero attached hydrogens (tertiary/aromatic N) is 3. The van der Waals surface area contributed by atoms with Crippen molar-refractivity contribution < 1.29 is 9.53 Å². The summed E-state index contributed by atoms with van der Waals surface area (Å²) >= 11 is 3.49. The van der Waals surface area contributed by atoms with Crippen LogP contribution in [0.5, 0.6) is 0 Å². The Morgan fingerprint density at radius 3 is 2.58 bits per heavy atom. The molecule has 0 radical (unpaired) electrons. The summed E-state index contributed by atoms with van der Waals surface area (Å²) in [6.45, 7) is 9.11. The molecule has 0 atom stereocenters. The number of halogens is 1. The van der Waals surface area contributed by atoms with E-state index in [1.807, 2.05) is 31.7 Å². The third-order valence-corrected chi connectivity index (χ3v) is 5.22. The Labute approximate surface area is 165 Å². The maximum Gasteiger partial charge on any atom is 0.410 e. The first-order chi connectivity index (χ1) is 12.3. The molecule has 6 heteroatoms. The third-order valence-electron chi connectivity index (χ3n) is 4.78. The summed E-state index contributed by atoms with van der Waals surface area (Å²) in [5.41, 5.74) is 1.62. The summed E-state index contributed by atoms with van der Waals surface area (Å²) in [6, 6.07) is 4.12. The van der Waals surface area contributed by atoms with Crippen molar-refractivity contribution in [1.29, 1.82) is 0 Å². The molecule has 1 aromatic heterocycles. The molecule has 1 amide bonds. The molecule has 0 aromatic carbocycles. The summed E-state index contributed by atoms with van der Waals surface area (Å²) in [5.74, 6) is 0.605. The largest absolute Gasteiger partial charge is 0.444 e. The Kier molecular flexibility index (Phi) is 6.10. The molecule has 5 nitrogen and oxygen atoms in total. The molecule has 26 heavy (non-hydrogen) atoms. The average Bonchev–Trinajstić information content (AvgIpc) is 3.38. The van der Waals surface area contributed by atoms with Crippen LogP contribution in [-0.2, 0) is 11.3 Å². The van der Waals surface area contributed by atoms with Gasteiger partial charge in [0.25, 0.3) is 0 Å². The first-order valence-corrected chi connectivity index (χ1v) is 10.5. The average molecular weight is 424 g/mol. The van der Waals surface area contributed by atoms with Crippen LogP contribution < -0.4 is 4.90 Å². The number of aromatic nitrogens is 1. The van der Waals surface area contributed by atoms with Crippen molar-refractivity contribution in [2.24, 2.45) is 5.92 Å². The highest BCUT2D eigenvalue weighted by Crippen LogP contribution is 2.32. The van der Waals surface area contributed by atoms with Gasteiger partial charge in [-0.3, -0.25) is 0 Å². The minimum atomic E-state index is -0.487. The second kappa shape index (κ2) is 8.15. The summed E-state index contributed by atoms with van der Waals surface area (Å²) in [7, 11) is 0. The number of amides is 1. The molecule has 1 aliphatic heterocycles. The number of piperidine rings is 1. The van der Waals surface area contributed by atoms with E-state index in [0.29, 0.717) is 12.5 Å². The van der Waals surface area contributed by atoms with E-state index in [1.165, 1.54) is 32.1 Å². The monoisotopic (exact) mass is 423 g/mol. The van der Waals surface area contributed by atoms with E-state index in [4.69, 9.17) is 9.72 Å². The van der Waals surface area contributed by atoms with Crippen LogP contribution in [0.3, 0.4) is 0 Å². The van der Waals surface area contributed by atoms with Gasteiger partial charge in [-0.25, -0.2) is 9.78 Å². The minimum Gasteiger partial charge on any atom is -0.444 e. The van der Waals surface area contributed by atoms with Crippen molar-refractivity contribution in [3.8, 4) is 0 Å². The van der Waals surface area contributed by atoms with Crippen LogP contribution in [0.4, 0.5) is 10.5 Å². The number of carbonyl (C=O) groups is 1. The highest BCUT2D eigenvalue weighted by Gasteiger charge is 2.30. The minimum absolute atomic E-state index is 0.240. The number of pyridine rings is 1. The molecule has 0 spiro atoms. The summed E-state index contributed by atoms with van der Waals surface area (Å²) in [6.07, 6.45) is 5.88. The fraction of sp³-hybridized carbons (Fsp3) is 0.700. The van der Waals surface area contributed by atoms with E-state index in [9.17, 15) is 4.79 Å². The lowest BCUT2D eigenvalue weighted by Crippen LogP contribution is -2.38. The Morgan fingerprint density at radius 2 is 1.96 bits per heavy atom. The number of anilines is 1. The topological polar surface area (TPSA) is 45.7 Å². The molecule has 1 saturated carbocycles. The van der Waals surface area contributed by atoms with E-state index in [0.717, 1.165) is 35.6 Å². The van der Waals surface area contributed by atoms with Crippen LogP contribution in [0.1, 0.15) is 58.6 Å². The molecule has 2 aliphatic rings. The number of hydrogen-bond acceptors (Lipinski definition) is 4. The van der Waals surface area contributed by atoms with E-state index in [2.05, 4.69) is 26.9 Å². The van der Waals surface area contributed by atoms with E-state index >= 15 is 0 Å². The molecule has 2 heterocycles.